The molecule has 0 amide bonds. The highest BCUT2D eigenvalue weighted by molar-refractivity contribution is 5.79. The van der Waals surface area contributed by atoms with Gasteiger partial charge in [0.2, 0.25) is 0 Å². The molecule has 0 unspecified atom stereocenters. The second-order valence-corrected chi connectivity index (χ2v) is 6.36. The lowest BCUT2D eigenvalue weighted by molar-refractivity contribution is -0.633. The van der Waals surface area contributed by atoms with Crippen LogP contribution in [0.3, 0.4) is 0 Å². The largest absolute Gasteiger partial charge is 0.295 e. The third-order valence-electron chi connectivity index (χ3n) is 4.69. The average molecular weight is 313 g/mol. The van der Waals surface area contributed by atoms with Crippen LogP contribution < -0.4 is 4.57 Å². The van der Waals surface area contributed by atoms with Gasteiger partial charge in [-0.25, -0.2) is 4.57 Å². The average Bonchev–Trinajstić information content (AvgIpc) is 2.89. The zero-order chi connectivity index (χ0) is 16.7. The minimum Gasteiger partial charge on any atom is -0.225 e. The van der Waals surface area contributed by atoms with Gasteiger partial charge in [-0.05, 0) is 49.7 Å². The van der Waals surface area contributed by atoms with Gasteiger partial charge in [0.15, 0.2) is 11.0 Å². The number of imidazole rings is 1. The first kappa shape index (κ1) is 14.7. The molecule has 0 N–H and O–H groups in total. The number of para-hydroxylation sites is 2. The van der Waals surface area contributed by atoms with Crippen molar-refractivity contribution in [3.05, 3.63) is 83.9 Å². The molecule has 0 aliphatic heterocycles. The van der Waals surface area contributed by atoms with E-state index in [9.17, 15) is 0 Å². The summed E-state index contributed by atoms with van der Waals surface area (Å²) in [6, 6.07) is 25.9. The van der Waals surface area contributed by atoms with Crippen LogP contribution >= 0.6 is 0 Å². The molecule has 2 heteroatoms. The lowest BCUT2D eigenvalue weighted by atomic mass is 10.1. The van der Waals surface area contributed by atoms with Gasteiger partial charge in [0.05, 0.1) is 12.6 Å². The predicted octanol–water partition coefficient (Wildman–Crippen LogP) is 4.74. The van der Waals surface area contributed by atoms with Crippen LogP contribution in [0, 0.1) is 13.8 Å². The molecule has 2 nitrogen and oxygen atoms in total. The lowest BCUT2D eigenvalue weighted by Crippen LogP contribution is -2.30. The van der Waals surface area contributed by atoms with E-state index >= 15 is 0 Å². The standard InChI is InChI=1S/C22H21N2/c1-16-12-14-18(15-13-16)24-21-11-7-6-10-20(21)23(3)22(24)19-9-5-4-8-17(19)2/h4-15H,1-3H3/q+1. The summed E-state index contributed by atoms with van der Waals surface area (Å²) in [7, 11) is 2.15. The Hall–Kier alpha value is -2.87. The molecule has 0 bridgehead atoms. The van der Waals surface area contributed by atoms with E-state index in [1.807, 2.05) is 0 Å². The summed E-state index contributed by atoms with van der Waals surface area (Å²) < 4.78 is 4.65. The molecule has 0 spiro atoms. The molecule has 3 aromatic carbocycles. The van der Waals surface area contributed by atoms with Crippen LogP contribution in [0.2, 0.25) is 0 Å². The number of aromatic nitrogens is 2. The fourth-order valence-corrected chi connectivity index (χ4v) is 3.40. The lowest BCUT2D eigenvalue weighted by Gasteiger charge is -2.06. The van der Waals surface area contributed by atoms with Crippen LogP contribution in [0.4, 0.5) is 0 Å². The van der Waals surface area contributed by atoms with Crippen LogP contribution in [0.5, 0.6) is 0 Å². The van der Waals surface area contributed by atoms with Gasteiger partial charge in [0.25, 0.3) is 5.82 Å². The molecule has 1 aromatic heterocycles. The van der Waals surface area contributed by atoms with Crippen LogP contribution in [0.1, 0.15) is 11.1 Å². The van der Waals surface area contributed by atoms with E-state index in [4.69, 9.17) is 0 Å². The highest BCUT2D eigenvalue weighted by Crippen LogP contribution is 2.28. The van der Waals surface area contributed by atoms with E-state index < -0.39 is 0 Å². The number of rotatable bonds is 2. The minimum absolute atomic E-state index is 1.19. The maximum absolute atomic E-state index is 2.36. The summed E-state index contributed by atoms with van der Waals surface area (Å²) in [6.07, 6.45) is 0. The molecular formula is C22H21N2+. The van der Waals surface area contributed by atoms with Gasteiger partial charge in [-0.3, -0.25) is 0 Å². The predicted molar refractivity (Wildman–Crippen MR) is 99.4 cm³/mol. The Balaban J connectivity index is 2.13. The third kappa shape index (κ3) is 2.23. The van der Waals surface area contributed by atoms with E-state index in [1.165, 1.54) is 39.2 Å². The van der Waals surface area contributed by atoms with Crippen molar-refractivity contribution in [2.24, 2.45) is 7.05 Å². The van der Waals surface area contributed by atoms with Crippen molar-refractivity contribution in [3.63, 3.8) is 0 Å². The first-order valence-corrected chi connectivity index (χ1v) is 8.29. The van der Waals surface area contributed by atoms with Crippen LogP contribution in [-0.2, 0) is 7.05 Å². The smallest absolute Gasteiger partial charge is 0.225 e. The molecule has 1 heterocycles. The van der Waals surface area contributed by atoms with Crippen molar-refractivity contribution in [2.45, 2.75) is 13.8 Å². The second-order valence-electron chi connectivity index (χ2n) is 6.36. The van der Waals surface area contributed by atoms with E-state index in [2.05, 4.69) is 103 Å². The summed E-state index contributed by atoms with van der Waals surface area (Å²) in [4.78, 5) is 0. The molecule has 0 atom stereocenters. The Morgan fingerprint density at radius 1 is 0.750 bits per heavy atom. The number of hydrogen-bond donors (Lipinski definition) is 0. The van der Waals surface area contributed by atoms with Crippen molar-refractivity contribution in [1.82, 2.24) is 4.57 Å². The van der Waals surface area contributed by atoms with E-state index in [-0.39, 0.29) is 0 Å². The second kappa shape index (κ2) is 5.64. The summed E-state index contributed by atoms with van der Waals surface area (Å²) in [5, 5.41) is 0. The van der Waals surface area contributed by atoms with E-state index in [0.717, 1.165) is 0 Å². The van der Waals surface area contributed by atoms with Gasteiger partial charge in [0.1, 0.15) is 5.69 Å². The van der Waals surface area contributed by atoms with Crippen LogP contribution in [0.15, 0.2) is 72.8 Å². The highest BCUT2D eigenvalue weighted by atomic mass is 15.2. The molecule has 4 aromatic rings. The van der Waals surface area contributed by atoms with Crippen molar-refractivity contribution < 1.29 is 4.57 Å². The van der Waals surface area contributed by atoms with Crippen LogP contribution in [-0.4, -0.2) is 4.57 Å². The molecule has 0 saturated carbocycles. The Morgan fingerprint density at radius 2 is 1.42 bits per heavy atom. The van der Waals surface area contributed by atoms with E-state index in [1.54, 1.807) is 0 Å². The van der Waals surface area contributed by atoms with Crippen LogP contribution in [0.25, 0.3) is 28.1 Å². The first-order chi connectivity index (χ1) is 11.7. The van der Waals surface area contributed by atoms with Crippen molar-refractivity contribution in [3.8, 4) is 17.1 Å². The molecule has 4 rings (SSSR count). The van der Waals surface area contributed by atoms with Crippen molar-refractivity contribution in [2.75, 3.05) is 0 Å². The number of nitrogens with zero attached hydrogens (tertiary/aromatic N) is 2. The summed E-state index contributed by atoms with van der Waals surface area (Å²) >= 11 is 0. The molecule has 0 radical (unpaired) electrons. The third-order valence-corrected chi connectivity index (χ3v) is 4.69. The van der Waals surface area contributed by atoms with Crippen molar-refractivity contribution >= 4 is 11.0 Å². The topological polar surface area (TPSA) is 8.81 Å². The molecule has 24 heavy (non-hydrogen) atoms. The molecule has 0 aliphatic carbocycles. The van der Waals surface area contributed by atoms with Gasteiger partial charge in [0, 0.05) is 0 Å². The highest BCUT2D eigenvalue weighted by Gasteiger charge is 2.26. The molecule has 0 aliphatic rings. The monoisotopic (exact) mass is 313 g/mol. The molecule has 118 valence electrons. The zero-order valence-corrected chi connectivity index (χ0v) is 14.3. The number of hydrogen-bond acceptors (Lipinski definition) is 0. The van der Waals surface area contributed by atoms with Gasteiger partial charge >= 0.3 is 0 Å². The van der Waals surface area contributed by atoms with Gasteiger partial charge < -0.3 is 0 Å². The maximum atomic E-state index is 2.36. The normalized spacial score (nSPS) is 11.1. The van der Waals surface area contributed by atoms with E-state index in [0.29, 0.717) is 0 Å². The molecule has 0 saturated heterocycles. The number of aryl methyl sites for hydroxylation is 3. The summed E-state index contributed by atoms with van der Waals surface area (Å²) in [5.41, 5.74) is 7.46. The SMILES string of the molecule is Cc1ccc(-n2c(-c3ccccc3C)[n+](C)c3ccccc32)cc1. The molecular weight excluding hydrogens is 292 g/mol. The maximum Gasteiger partial charge on any atom is 0.295 e. The fraction of sp³-hybridized carbons (Fsp3) is 0.136. The Morgan fingerprint density at radius 3 is 2.17 bits per heavy atom. The van der Waals surface area contributed by atoms with Gasteiger partial charge in [-0.2, -0.15) is 4.57 Å². The minimum atomic E-state index is 1.19. The number of benzene rings is 3. The quantitative estimate of drug-likeness (QED) is 0.473. The van der Waals surface area contributed by atoms with Gasteiger partial charge in [-0.15, -0.1) is 0 Å². The Labute approximate surface area is 142 Å². The molecule has 0 fully saturated rings. The first-order valence-electron chi connectivity index (χ1n) is 8.29. The summed E-state index contributed by atoms with van der Waals surface area (Å²) in [5.74, 6) is 1.21. The number of fused-ring (bicyclic) bond motifs is 1. The van der Waals surface area contributed by atoms with Crippen molar-refractivity contribution in [1.29, 1.82) is 0 Å². The summed E-state index contributed by atoms with van der Waals surface area (Å²) in [6.45, 7) is 4.30. The Kier molecular flexibility index (Phi) is 3.46. The zero-order valence-electron chi connectivity index (χ0n) is 14.3. The van der Waals surface area contributed by atoms with Gasteiger partial charge in [-0.1, -0.05) is 48.0 Å². The fourth-order valence-electron chi connectivity index (χ4n) is 3.40. The Bertz CT molecular complexity index is 1020.